The number of hydrogen-bond donors (Lipinski definition) is 0. The van der Waals surface area contributed by atoms with Gasteiger partial charge in [0.05, 0.1) is 0 Å². The quantitative estimate of drug-likeness (QED) is 0.0646. The van der Waals surface area contributed by atoms with Gasteiger partial charge < -0.3 is 9.80 Å². The van der Waals surface area contributed by atoms with Crippen LogP contribution in [0.4, 0.5) is 0 Å². The molecule has 44 heavy (non-hydrogen) atoms. The van der Waals surface area contributed by atoms with Crippen LogP contribution in [0, 0.1) is 0 Å². The second kappa shape index (κ2) is 33.7. The topological polar surface area (TPSA) is 6.48 Å². The van der Waals surface area contributed by atoms with E-state index in [1.54, 1.807) is 0 Å². The van der Waals surface area contributed by atoms with Gasteiger partial charge in [-0.1, -0.05) is 213 Å². The van der Waals surface area contributed by atoms with E-state index in [-0.39, 0.29) is 0 Å². The maximum Gasteiger partial charge on any atom is 0.101 e. The summed E-state index contributed by atoms with van der Waals surface area (Å²) in [6.07, 6.45) is 54.4. The van der Waals surface area contributed by atoms with Crippen LogP contribution in [0.25, 0.3) is 0 Å². The molecule has 0 aliphatic carbocycles. The van der Waals surface area contributed by atoms with E-state index in [2.05, 4.69) is 43.0 Å². The Morgan fingerprint density at radius 1 is 0.295 bits per heavy atom. The van der Waals surface area contributed by atoms with E-state index in [1.807, 2.05) is 0 Å². The molecule has 0 saturated heterocycles. The average molecular weight is 617 g/mol. The van der Waals surface area contributed by atoms with Crippen LogP contribution >= 0.6 is 0 Å². The van der Waals surface area contributed by atoms with Crippen LogP contribution in [0.2, 0.25) is 0 Å². The molecule has 2 heteroatoms. The third-order valence-electron chi connectivity index (χ3n) is 10.3. The Bertz CT molecular complexity index is 528. The maximum atomic E-state index is 2.70. The highest BCUT2D eigenvalue weighted by Gasteiger charge is 2.24. The van der Waals surface area contributed by atoms with Crippen LogP contribution in [0.5, 0.6) is 0 Å². The Hall–Kier alpha value is -0.660. The average Bonchev–Trinajstić information content (AvgIpc) is 3.42. The summed E-state index contributed by atoms with van der Waals surface area (Å²) in [6, 6.07) is 0. The Morgan fingerprint density at radius 3 is 0.795 bits per heavy atom. The molecule has 0 bridgehead atoms. The fourth-order valence-electron chi connectivity index (χ4n) is 7.25. The second-order valence-electron chi connectivity index (χ2n) is 14.6. The van der Waals surface area contributed by atoms with E-state index >= 15 is 0 Å². The largest absolute Gasteiger partial charge is 0.356 e. The smallest absolute Gasteiger partial charge is 0.101 e. The van der Waals surface area contributed by atoms with Gasteiger partial charge in [-0.05, 0) is 25.7 Å². The van der Waals surface area contributed by atoms with Crippen molar-refractivity contribution in [3.63, 3.8) is 0 Å². The van der Waals surface area contributed by atoms with Crippen LogP contribution in [0.3, 0.4) is 0 Å². The summed E-state index contributed by atoms with van der Waals surface area (Å²) in [6.45, 7) is 9.49. The predicted octanol–water partition coefficient (Wildman–Crippen LogP) is 14.7. The molecule has 0 aromatic rings. The summed E-state index contributed by atoms with van der Waals surface area (Å²) in [4.78, 5) is 5.40. The zero-order chi connectivity index (χ0) is 31.6. The van der Waals surface area contributed by atoms with E-state index in [1.165, 1.54) is 231 Å². The molecule has 0 amide bonds. The molecule has 0 radical (unpaired) electrons. The Morgan fingerprint density at radius 2 is 0.523 bits per heavy atom. The van der Waals surface area contributed by atoms with Gasteiger partial charge in [0.15, 0.2) is 0 Å². The Kier molecular flexibility index (Phi) is 31.7. The molecule has 0 unspecified atom stereocenters. The zero-order valence-corrected chi connectivity index (χ0v) is 31.1. The lowest BCUT2D eigenvalue weighted by Crippen LogP contribution is -2.39. The number of nitrogens with zero attached hydrogens (tertiary/aromatic N) is 2. The van der Waals surface area contributed by atoms with E-state index in [0.29, 0.717) is 6.17 Å². The molecule has 0 spiro atoms. The molecule has 0 saturated carbocycles. The third kappa shape index (κ3) is 25.5. The van der Waals surface area contributed by atoms with Gasteiger partial charge in [-0.3, -0.25) is 0 Å². The molecule has 1 heterocycles. The fourth-order valence-corrected chi connectivity index (χ4v) is 7.25. The molecule has 1 rings (SSSR count). The molecule has 1 aliphatic heterocycles. The van der Waals surface area contributed by atoms with Gasteiger partial charge in [0.2, 0.25) is 0 Å². The van der Waals surface area contributed by atoms with E-state index in [4.69, 9.17) is 0 Å². The van der Waals surface area contributed by atoms with E-state index in [0.717, 1.165) is 0 Å². The van der Waals surface area contributed by atoms with Crippen LogP contribution in [0.1, 0.15) is 239 Å². The first kappa shape index (κ1) is 41.4. The SMILES string of the molecule is CCCCCCCCCCCCCCCCCN1C=CN(CCCCCCCCCCCCCCCCC)C1CCCCC. The maximum absolute atomic E-state index is 2.70. The van der Waals surface area contributed by atoms with Crippen molar-refractivity contribution in [2.45, 2.75) is 245 Å². The van der Waals surface area contributed by atoms with Gasteiger partial charge in [0.25, 0.3) is 0 Å². The van der Waals surface area contributed by atoms with Crippen molar-refractivity contribution in [3.05, 3.63) is 12.4 Å². The van der Waals surface area contributed by atoms with Crippen LogP contribution in [0.15, 0.2) is 12.4 Å². The standard InChI is InChI=1S/C42H84N2/c1-4-7-10-12-14-16-18-20-22-24-26-28-30-32-35-38-43-40-41-44(42(43)37-34-9-6-3)39-36-33-31-29-27-25-23-21-19-17-15-13-11-8-5-2/h40-42H,4-39H2,1-3H3. The summed E-state index contributed by atoms with van der Waals surface area (Å²) < 4.78 is 0. The van der Waals surface area contributed by atoms with Crippen molar-refractivity contribution in [3.8, 4) is 0 Å². The summed E-state index contributed by atoms with van der Waals surface area (Å²) in [7, 11) is 0. The van der Waals surface area contributed by atoms with Crippen molar-refractivity contribution >= 4 is 0 Å². The minimum absolute atomic E-state index is 0.639. The lowest BCUT2D eigenvalue weighted by Gasteiger charge is -2.33. The van der Waals surface area contributed by atoms with Gasteiger partial charge in [-0.2, -0.15) is 0 Å². The first-order valence-corrected chi connectivity index (χ1v) is 21.0. The highest BCUT2D eigenvalue weighted by molar-refractivity contribution is 4.97. The summed E-state index contributed by atoms with van der Waals surface area (Å²) in [5, 5.41) is 0. The highest BCUT2D eigenvalue weighted by atomic mass is 15.4. The third-order valence-corrected chi connectivity index (χ3v) is 10.3. The molecular formula is C42H84N2. The Labute approximate surface area is 280 Å². The predicted molar refractivity (Wildman–Crippen MR) is 200 cm³/mol. The number of rotatable bonds is 36. The van der Waals surface area contributed by atoms with Crippen molar-refractivity contribution in [1.82, 2.24) is 9.80 Å². The molecule has 0 atom stereocenters. The normalized spacial score (nSPS) is 13.6. The van der Waals surface area contributed by atoms with Crippen LogP contribution in [-0.4, -0.2) is 29.1 Å². The highest BCUT2D eigenvalue weighted by Crippen LogP contribution is 2.24. The van der Waals surface area contributed by atoms with Gasteiger partial charge in [-0.25, -0.2) is 0 Å². The molecular weight excluding hydrogens is 532 g/mol. The lowest BCUT2D eigenvalue weighted by molar-refractivity contribution is 0.135. The Balaban J connectivity index is 2.01. The van der Waals surface area contributed by atoms with E-state index < -0.39 is 0 Å². The van der Waals surface area contributed by atoms with Gasteiger partial charge in [0, 0.05) is 25.5 Å². The molecule has 0 fully saturated rings. The lowest BCUT2D eigenvalue weighted by atomic mass is 10.0. The molecule has 262 valence electrons. The van der Waals surface area contributed by atoms with Crippen molar-refractivity contribution < 1.29 is 0 Å². The molecule has 2 nitrogen and oxygen atoms in total. The zero-order valence-electron chi connectivity index (χ0n) is 31.1. The minimum atomic E-state index is 0.639. The number of hydrogen-bond acceptors (Lipinski definition) is 2. The van der Waals surface area contributed by atoms with Gasteiger partial charge in [0.1, 0.15) is 6.17 Å². The molecule has 1 aliphatic rings. The van der Waals surface area contributed by atoms with Gasteiger partial charge >= 0.3 is 0 Å². The van der Waals surface area contributed by atoms with Gasteiger partial charge in [-0.15, -0.1) is 0 Å². The van der Waals surface area contributed by atoms with Crippen molar-refractivity contribution in [1.29, 1.82) is 0 Å². The summed E-state index contributed by atoms with van der Waals surface area (Å²) >= 11 is 0. The molecule has 0 aromatic carbocycles. The van der Waals surface area contributed by atoms with E-state index in [9.17, 15) is 0 Å². The summed E-state index contributed by atoms with van der Waals surface area (Å²) in [5.74, 6) is 0. The van der Waals surface area contributed by atoms with Crippen molar-refractivity contribution in [2.24, 2.45) is 0 Å². The first-order chi connectivity index (χ1) is 21.8. The van der Waals surface area contributed by atoms with Crippen LogP contribution < -0.4 is 0 Å². The fraction of sp³-hybridized carbons (Fsp3) is 0.952. The van der Waals surface area contributed by atoms with Crippen molar-refractivity contribution in [2.75, 3.05) is 13.1 Å². The first-order valence-electron chi connectivity index (χ1n) is 21.0. The second-order valence-corrected chi connectivity index (χ2v) is 14.6. The monoisotopic (exact) mass is 617 g/mol. The number of unbranched alkanes of at least 4 members (excludes halogenated alkanes) is 30. The summed E-state index contributed by atoms with van der Waals surface area (Å²) in [5.41, 5.74) is 0. The molecule has 0 aromatic heterocycles. The molecule has 0 N–H and O–H groups in total. The minimum Gasteiger partial charge on any atom is -0.356 e. The van der Waals surface area contributed by atoms with Crippen LogP contribution in [-0.2, 0) is 0 Å².